The average molecular weight is 494 g/mol. The minimum Gasteiger partial charge on any atom is -0.496 e. The van der Waals surface area contributed by atoms with Crippen LogP contribution in [0.3, 0.4) is 0 Å². The van der Waals surface area contributed by atoms with Gasteiger partial charge >= 0.3 is 0 Å². The fraction of sp³-hybridized carbons (Fsp3) is 0.130. The zero-order valence-corrected chi connectivity index (χ0v) is 19.5. The number of nitrogens with zero attached hydrogens (tertiary/aromatic N) is 1. The SMILES string of the molecule is COc1ccccc1C(=O)N/N=C\c1cc(Cl)c(OCc2ccc(Cl)cc2Cl)c(OC)c1. The van der Waals surface area contributed by atoms with Crippen LogP contribution >= 0.6 is 34.8 Å². The maximum atomic E-state index is 12.3. The van der Waals surface area contributed by atoms with E-state index in [1.165, 1.54) is 20.4 Å². The van der Waals surface area contributed by atoms with Crippen LogP contribution in [0.1, 0.15) is 21.5 Å². The van der Waals surface area contributed by atoms with Gasteiger partial charge in [0.15, 0.2) is 11.5 Å². The van der Waals surface area contributed by atoms with Crippen molar-refractivity contribution in [2.75, 3.05) is 14.2 Å². The summed E-state index contributed by atoms with van der Waals surface area (Å²) in [5.41, 5.74) is 4.18. The van der Waals surface area contributed by atoms with Crippen LogP contribution < -0.4 is 19.6 Å². The lowest BCUT2D eigenvalue weighted by atomic mass is 10.2. The van der Waals surface area contributed by atoms with Crippen LogP contribution in [-0.4, -0.2) is 26.3 Å². The number of hydrazone groups is 1. The number of nitrogens with one attached hydrogen (secondary N) is 1. The maximum absolute atomic E-state index is 12.3. The number of halogens is 3. The number of hydrogen-bond donors (Lipinski definition) is 1. The standard InChI is InChI=1S/C23H19Cl3N2O4/c1-30-20-6-4-3-5-17(20)23(29)28-27-12-14-9-19(26)22(21(10-14)31-2)32-13-15-7-8-16(24)11-18(15)25/h3-12H,13H2,1-2H3,(H,28,29)/b27-12-. The number of rotatable bonds is 8. The lowest BCUT2D eigenvalue weighted by Crippen LogP contribution is -2.18. The van der Waals surface area contributed by atoms with E-state index in [-0.39, 0.29) is 6.61 Å². The van der Waals surface area contributed by atoms with E-state index in [1.807, 2.05) is 0 Å². The summed E-state index contributed by atoms with van der Waals surface area (Å²) in [6.07, 6.45) is 1.45. The van der Waals surface area contributed by atoms with E-state index in [0.29, 0.717) is 43.4 Å². The number of ether oxygens (including phenoxy) is 3. The Bertz CT molecular complexity index is 1150. The summed E-state index contributed by atoms with van der Waals surface area (Å²) < 4.78 is 16.4. The smallest absolute Gasteiger partial charge is 0.275 e. The molecule has 0 unspecified atom stereocenters. The van der Waals surface area contributed by atoms with Gasteiger partial charge in [-0.05, 0) is 42.0 Å². The van der Waals surface area contributed by atoms with E-state index in [9.17, 15) is 4.79 Å². The third-order valence-corrected chi connectivity index (χ3v) is 5.24. The molecule has 0 aromatic heterocycles. The van der Waals surface area contributed by atoms with Gasteiger partial charge in [-0.1, -0.05) is 53.0 Å². The van der Waals surface area contributed by atoms with Gasteiger partial charge in [0.2, 0.25) is 0 Å². The molecule has 9 heteroatoms. The summed E-state index contributed by atoms with van der Waals surface area (Å²) in [4.78, 5) is 12.3. The van der Waals surface area contributed by atoms with Crippen LogP contribution in [-0.2, 0) is 6.61 Å². The first-order chi connectivity index (χ1) is 15.4. The Morgan fingerprint density at radius 1 is 0.969 bits per heavy atom. The van der Waals surface area contributed by atoms with Crippen molar-refractivity contribution < 1.29 is 19.0 Å². The van der Waals surface area contributed by atoms with Gasteiger partial charge < -0.3 is 14.2 Å². The molecule has 3 aromatic rings. The summed E-state index contributed by atoms with van der Waals surface area (Å²) in [6.45, 7) is 0.175. The van der Waals surface area contributed by atoms with Gasteiger partial charge in [-0.3, -0.25) is 4.79 Å². The quantitative estimate of drug-likeness (QED) is 0.308. The van der Waals surface area contributed by atoms with Crippen LogP contribution in [0.4, 0.5) is 0 Å². The molecule has 0 aliphatic rings. The Hall–Kier alpha value is -2.93. The molecule has 1 amide bonds. The molecule has 6 nitrogen and oxygen atoms in total. The first-order valence-corrected chi connectivity index (χ1v) is 10.5. The number of para-hydroxylation sites is 1. The van der Waals surface area contributed by atoms with Crippen molar-refractivity contribution in [3.63, 3.8) is 0 Å². The largest absolute Gasteiger partial charge is 0.496 e. The third-order valence-electron chi connectivity index (χ3n) is 4.37. The van der Waals surface area contributed by atoms with Crippen molar-refractivity contribution in [2.24, 2.45) is 5.10 Å². The second kappa shape index (κ2) is 11.1. The minimum absolute atomic E-state index is 0.175. The van der Waals surface area contributed by atoms with Crippen LogP contribution in [0.15, 0.2) is 59.7 Å². The lowest BCUT2D eigenvalue weighted by molar-refractivity contribution is 0.0952. The molecule has 3 rings (SSSR count). The number of amides is 1. The van der Waals surface area contributed by atoms with E-state index in [2.05, 4.69) is 10.5 Å². The van der Waals surface area contributed by atoms with Crippen molar-refractivity contribution in [1.82, 2.24) is 5.43 Å². The van der Waals surface area contributed by atoms with E-state index in [1.54, 1.807) is 54.6 Å². The molecule has 1 N–H and O–H groups in total. The number of hydrogen-bond acceptors (Lipinski definition) is 5. The Morgan fingerprint density at radius 3 is 2.44 bits per heavy atom. The second-order valence-electron chi connectivity index (χ2n) is 6.46. The van der Waals surface area contributed by atoms with Gasteiger partial charge in [-0.2, -0.15) is 5.10 Å². The number of methoxy groups -OCH3 is 2. The van der Waals surface area contributed by atoms with Gasteiger partial charge in [0.25, 0.3) is 5.91 Å². The van der Waals surface area contributed by atoms with Gasteiger partial charge in [0, 0.05) is 15.6 Å². The summed E-state index contributed by atoms with van der Waals surface area (Å²) in [6, 6.07) is 15.3. The molecule has 32 heavy (non-hydrogen) atoms. The van der Waals surface area contributed by atoms with Gasteiger partial charge in [-0.25, -0.2) is 5.43 Å². The fourth-order valence-corrected chi connectivity index (χ4v) is 3.54. The minimum atomic E-state index is -0.406. The summed E-state index contributed by atoms with van der Waals surface area (Å²) in [5.74, 6) is 0.805. The van der Waals surface area contributed by atoms with E-state index < -0.39 is 5.91 Å². The van der Waals surface area contributed by atoms with Crippen molar-refractivity contribution >= 4 is 46.9 Å². The van der Waals surface area contributed by atoms with Gasteiger partial charge in [-0.15, -0.1) is 0 Å². The predicted octanol–water partition coefficient (Wildman–Crippen LogP) is 6.01. The van der Waals surface area contributed by atoms with E-state index >= 15 is 0 Å². The summed E-state index contributed by atoms with van der Waals surface area (Å²) >= 11 is 18.5. The van der Waals surface area contributed by atoms with Gasteiger partial charge in [0.1, 0.15) is 12.4 Å². The van der Waals surface area contributed by atoms with Crippen molar-refractivity contribution in [3.05, 3.63) is 86.4 Å². The maximum Gasteiger partial charge on any atom is 0.275 e. The van der Waals surface area contributed by atoms with Gasteiger partial charge in [0.05, 0.1) is 31.0 Å². The molecular formula is C23H19Cl3N2O4. The molecule has 0 atom stereocenters. The molecule has 0 bridgehead atoms. The van der Waals surface area contributed by atoms with E-state index in [0.717, 1.165) is 5.56 Å². The van der Waals surface area contributed by atoms with Crippen molar-refractivity contribution in [1.29, 1.82) is 0 Å². The normalized spacial score (nSPS) is 10.8. The molecule has 0 saturated carbocycles. The monoisotopic (exact) mass is 492 g/mol. The average Bonchev–Trinajstić information content (AvgIpc) is 2.79. The first-order valence-electron chi connectivity index (χ1n) is 9.33. The van der Waals surface area contributed by atoms with Crippen LogP contribution in [0.25, 0.3) is 0 Å². The molecule has 166 valence electrons. The highest BCUT2D eigenvalue weighted by atomic mass is 35.5. The third kappa shape index (κ3) is 5.85. The Morgan fingerprint density at radius 2 is 1.72 bits per heavy atom. The Labute approximate surface area is 200 Å². The van der Waals surface area contributed by atoms with Crippen LogP contribution in [0.2, 0.25) is 15.1 Å². The molecule has 0 fully saturated rings. The highest BCUT2D eigenvalue weighted by molar-refractivity contribution is 6.35. The molecule has 0 aliphatic carbocycles. The van der Waals surface area contributed by atoms with E-state index in [4.69, 9.17) is 49.0 Å². The van der Waals surface area contributed by atoms with Crippen molar-refractivity contribution in [2.45, 2.75) is 6.61 Å². The molecule has 0 aliphatic heterocycles. The molecule has 0 spiro atoms. The molecule has 3 aromatic carbocycles. The van der Waals surface area contributed by atoms with Crippen molar-refractivity contribution in [3.8, 4) is 17.2 Å². The second-order valence-corrected chi connectivity index (χ2v) is 7.71. The Kier molecular flexibility index (Phi) is 8.22. The Balaban J connectivity index is 1.72. The number of carbonyl (C=O) groups is 1. The molecule has 0 saturated heterocycles. The molecule has 0 heterocycles. The van der Waals surface area contributed by atoms with Crippen LogP contribution in [0, 0.1) is 0 Å². The topological polar surface area (TPSA) is 69.2 Å². The zero-order chi connectivity index (χ0) is 23.1. The first kappa shape index (κ1) is 23.7. The molecule has 0 radical (unpaired) electrons. The summed E-state index contributed by atoms with van der Waals surface area (Å²) in [7, 11) is 2.99. The van der Waals surface area contributed by atoms with Crippen LogP contribution in [0.5, 0.6) is 17.2 Å². The predicted molar refractivity (Wildman–Crippen MR) is 127 cm³/mol. The summed E-state index contributed by atoms with van der Waals surface area (Å²) in [5, 5.41) is 5.33. The zero-order valence-electron chi connectivity index (χ0n) is 17.2. The highest BCUT2D eigenvalue weighted by Gasteiger charge is 2.14. The lowest BCUT2D eigenvalue weighted by Gasteiger charge is -2.14. The number of benzene rings is 3. The fourth-order valence-electron chi connectivity index (χ4n) is 2.80. The highest BCUT2D eigenvalue weighted by Crippen LogP contribution is 2.37. The molecular weight excluding hydrogens is 475 g/mol. The number of carbonyl (C=O) groups excluding carboxylic acids is 1.